The van der Waals surface area contributed by atoms with Gasteiger partial charge >= 0.3 is 5.97 Å². The Morgan fingerprint density at radius 1 is 0.825 bits per heavy atom. The second-order valence-corrected chi connectivity index (χ2v) is 8.86. The molecule has 0 bridgehead atoms. The number of carboxylic acids is 1. The highest BCUT2D eigenvalue weighted by atomic mass is 16.4. The smallest absolute Gasteiger partial charge is 0.326 e. The van der Waals surface area contributed by atoms with Crippen molar-refractivity contribution in [3.63, 3.8) is 0 Å². The van der Waals surface area contributed by atoms with Gasteiger partial charge in [-0.3, -0.25) is 24.2 Å². The minimum atomic E-state index is -1.54. The van der Waals surface area contributed by atoms with Crippen molar-refractivity contribution in [1.82, 2.24) is 21.3 Å². The lowest BCUT2D eigenvalue weighted by atomic mass is 10.0. The topological polar surface area (TPSA) is 285 Å². The van der Waals surface area contributed by atoms with Gasteiger partial charge < -0.3 is 53.8 Å². The van der Waals surface area contributed by atoms with Crippen LogP contribution in [-0.4, -0.2) is 101 Å². The maximum Gasteiger partial charge on any atom is 0.326 e. The van der Waals surface area contributed by atoms with Crippen molar-refractivity contribution in [2.45, 2.75) is 56.4 Å². The number of aliphatic imine (C=N–C) groups is 1. The number of hydrogen-bond donors (Lipinski definition) is 10. The molecule has 0 heterocycles. The van der Waals surface area contributed by atoms with Crippen LogP contribution in [0, 0.1) is 0 Å². The van der Waals surface area contributed by atoms with Gasteiger partial charge in [0.15, 0.2) is 5.96 Å². The van der Waals surface area contributed by atoms with Gasteiger partial charge in [-0.2, -0.15) is 0 Å². The Hall–Kier alpha value is -4.28. The summed E-state index contributed by atoms with van der Waals surface area (Å²) in [6.07, 6.45) is 0.187. The van der Waals surface area contributed by atoms with Gasteiger partial charge in [0, 0.05) is 13.0 Å². The van der Waals surface area contributed by atoms with Crippen LogP contribution in [0.3, 0.4) is 0 Å². The first-order valence-electron chi connectivity index (χ1n) is 12.4. The van der Waals surface area contributed by atoms with Crippen LogP contribution < -0.4 is 38.5 Å². The first-order chi connectivity index (χ1) is 18.9. The summed E-state index contributed by atoms with van der Waals surface area (Å²) in [5, 5.41) is 37.6. The van der Waals surface area contributed by atoms with Gasteiger partial charge in [-0.15, -0.1) is 0 Å². The van der Waals surface area contributed by atoms with E-state index in [4.69, 9.17) is 22.3 Å². The van der Waals surface area contributed by atoms with E-state index in [1.54, 1.807) is 30.3 Å². The quantitative estimate of drug-likeness (QED) is 0.0488. The molecule has 0 aliphatic rings. The maximum atomic E-state index is 13.1. The zero-order valence-electron chi connectivity index (χ0n) is 22.1. The van der Waals surface area contributed by atoms with E-state index < -0.39 is 73.0 Å². The molecular weight excluding hydrogens is 528 g/mol. The van der Waals surface area contributed by atoms with Crippen LogP contribution in [0.5, 0.6) is 0 Å². The molecule has 13 N–H and O–H groups in total. The summed E-state index contributed by atoms with van der Waals surface area (Å²) in [4.78, 5) is 65.8. The van der Waals surface area contributed by atoms with Crippen LogP contribution in [0.25, 0.3) is 0 Å². The summed E-state index contributed by atoms with van der Waals surface area (Å²) in [5.74, 6) is -4.86. The van der Waals surface area contributed by atoms with Gasteiger partial charge in [-0.1, -0.05) is 30.3 Å². The summed E-state index contributed by atoms with van der Waals surface area (Å²) < 4.78 is 0. The van der Waals surface area contributed by atoms with E-state index >= 15 is 0 Å². The molecule has 40 heavy (non-hydrogen) atoms. The third-order valence-corrected chi connectivity index (χ3v) is 5.58. The van der Waals surface area contributed by atoms with Crippen molar-refractivity contribution < 1.29 is 39.3 Å². The largest absolute Gasteiger partial charge is 0.480 e. The van der Waals surface area contributed by atoms with Crippen molar-refractivity contribution >= 4 is 35.6 Å². The molecule has 0 aliphatic carbocycles. The predicted octanol–water partition coefficient (Wildman–Crippen LogP) is -4.36. The van der Waals surface area contributed by atoms with Crippen molar-refractivity contribution in [2.75, 3.05) is 19.8 Å². The van der Waals surface area contributed by atoms with Gasteiger partial charge in [0.25, 0.3) is 0 Å². The fourth-order valence-electron chi connectivity index (χ4n) is 3.32. The summed E-state index contributed by atoms with van der Waals surface area (Å²) in [5.41, 5.74) is 16.5. The molecule has 0 radical (unpaired) electrons. The third-order valence-electron chi connectivity index (χ3n) is 5.58. The number of benzene rings is 1. The lowest BCUT2D eigenvalue weighted by Gasteiger charge is -2.25. The number of aliphatic hydroxyl groups excluding tert-OH is 2. The molecule has 0 saturated carbocycles. The third kappa shape index (κ3) is 12.1. The molecule has 0 spiro atoms. The van der Waals surface area contributed by atoms with Crippen LogP contribution in [0.15, 0.2) is 35.3 Å². The van der Waals surface area contributed by atoms with Crippen molar-refractivity contribution in [3.8, 4) is 0 Å². The molecule has 16 nitrogen and oxygen atoms in total. The number of rotatable bonds is 17. The Morgan fingerprint density at radius 3 is 1.95 bits per heavy atom. The van der Waals surface area contributed by atoms with E-state index in [-0.39, 0.29) is 31.8 Å². The molecular formula is C24H38N8O8. The number of carbonyl (C=O) groups excluding carboxylic acids is 4. The number of aliphatic carboxylic acids is 1. The molecule has 1 aromatic rings. The SMILES string of the molecule is C[C@H](NC(=O)[C@@H](N)CO)C(=O)N[C@@H](Cc1ccccc1)C(=O)N[C@@H](CO)C(=O)N[C@@H](CCCN=C(N)N)C(=O)O. The van der Waals surface area contributed by atoms with Crippen LogP contribution in [0.4, 0.5) is 0 Å². The van der Waals surface area contributed by atoms with Gasteiger partial charge in [-0.25, -0.2) is 4.79 Å². The number of hydrogen-bond acceptors (Lipinski definition) is 9. The summed E-state index contributed by atoms with van der Waals surface area (Å²) >= 11 is 0. The van der Waals surface area contributed by atoms with Crippen LogP contribution in [0.2, 0.25) is 0 Å². The van der Waals surface area contributed by atoms with Crippen molar-refractivity contribution in [2.24, 2.45) is 22.2 Å². The molecule has 4 amide bonds. The minimum Gasteiger partial charge on any atom is -0.480 e. The first kappa shape index (κ1) is 33.7. The fourth-order valence-corrected chi connectivity index (χ4v) is 3.32. The lowest BCUT2D eigenvalue weighted by molar-refractivity contribution is -0.142. The molecule has 1 aromatic carbocycles. The number of nitrogens with one attached hydrogen (secondary N) is 4. The van der Waals surface area contributed by atoms with E-state index in [9.17, 15) is 34.2 Å². The van der Waals surface area contributed by atoms with E-state index in [1.165, 1.54) is 6.92 Å². The molecule has 0 saturated heterocycles. The zero-order valence-corrected chi connectivity index (χ0v) is 22.1. The predicted molar refractivity (Wildman–Crippen MR) is 143 cm³/mol. The molecule has 0 aromatic heterocycles. The standard InChI is InChI=1S/C24H38N8O8/c1-13(29-20(36)15(25)11-33)19(35)31-17(10-14-6-3-2-4-7-14)21(37)32-18(12-34)22(38)30-16(23(39)40)8-5-9-28-24(26)27/h2-4,6-7,13,15-18,33-34H,5,8-12,25H2,1H3,(H,29,36)(H,30,38)(H,31,35)(H,32,37)(H,39,40)(H4,26,27,28)/t13-,15-,16-,17-,18-/m0/s1. The zero-order chi connectivity index (χ0) is 30.2. The second-order valence-electron chi connectivity index (χ2n) is 8.86. The number of carboxylic acid groups (broad SMARTS) is 1. The van der Waals surface area contributed by atoms with Crippen LogP contribution >= 0.6 is 0 Å². The van der Waals surface area contributed by atoms with Gasteiger partial charge in [0.2, 0.25) is 23.6 Å². The average molecular weight is 567 g/mol. The molecule has 16 heteroatoms. The van der Waals surface area contributed by atoms with E-state index in [1.807, 2.05) is 0 Å². The Bertz CT molecular complexity index is 1030. The fraction of sp³-hybridized carbons (Fsp3) is 0.500. The molecule has 0 unspecified atom stereocenters. The maximum absolute atomic E-state index is 13.1. The number of guanidine groups is 1. The molecule has 0 aliphatic heterocycles. The molecule has 1 rings (SSSR count). The summed E-state index contributed by atoms with van der Waals surface area (Å²) in [7, 11) is 0. The van der Waals surface area contributed by atoms with Gasteiger partial charge in [0.05, 0.1) is 13.2 Å². The lowest BCUT2D eigenvalue weighted by Crippen LogP contribution is -2.59. The highest BCUT2D eigenvalue weighted by Crippen LogP contribution is 2.05. The monoisotopic (exact) mass is 566 g/mol. The first-order valence-corrected chi connectivity index (χ1v) is 12.4. The molecule has 5 atom stereocenters. The van der Waals surface area contributed by atoms with Gasteiger partial charge in [-0.05, 0) is 25.3 Å². The normalized spacial score (nSPS) is 14.4. The minimum absolute atomic E-state index is 0.0163. The van der Waals surface area contributed by atoms with E-state index in [0.29, 0.717) is 5.56 Å². The van der Waals surface area contributed by atoms with Crippen LogP contribution in [0.1, 0.15) is 25.3 Å². The van der Waals surface area contributed by atoms with E-state index in [2.05, 4.69) is 26.3 Å². The highest BCUT2D eigenvalue weighted by molar-refractivity contribution is 5.95. The van der Waals surface area contributed by atoms with Crippen molar-refractivity contribution in [1.29, 1.82) is 0 Å². The van der Waals surface area contributed by atoms with Crippen LogP contribution in [-0.2, 0) is 30.4 Å². The Kier molecular flexibility index (Phi) is 14.6. The number of aliphatic hydroxyl groups is 2. The van der Waals surface area contributed by atoms with Crippen molar-refractivity contribution in [3.05, 3.63) is 35.9 Å². The van der Waals surface area contributed by atoms with Gasteiger partial charge in [0.1, 0.15) is 30.2 Å². The second kappa shape index (κ2) is 17.3. The summed E-state index contributed by atoms with van der Waals surface area (Å²) in [6.45, 7) is -0.0237. The number of amides is 4. The Balaban J connectivity index is 2.96. The summed E-state index contributed by atoms with van der Waals surface area (Å²) in [6, 6.07) is 2.07. The number of carbonyl (C=O) groups is 5. The number of nitrogens with two attached hydrogens (primary N) is 3. The Labute approximate surface area is 230 Å². The number of nitrogens with zero attached hydrogens (tertiary/aromatic N) is 1. The Morgan fingerprint density at radius 2 is 1.40 bits per heavy atom. The van der Waals surface area contributed by atoms with E-state index in [0.717, 1.165) is 0 Å². The molecule has 222 valence electrons. The highest BCUT2D eigenvalue weighted by Gasteiger charge is 2.30. The molecule has 0 fully saturated rings. The average Bonchev–Trinajstić information content (AvgIpc) is 2.92.